The number of amides is 1. The second-order valence-corrected chi connectivity index (χ2v) is 6.60. The van der Waals surface area contributed by atoms with Crippen LogP contribution in [0.2, 0.25) is 0 Å². The van der Waals surface area contributed by atoms with Gasteiger partial charge in [0.05, 0.1) is 0 Å². The van der Waals surface area contributed by atoms with Crippen LogP contribution in [0.1, 0.15) is 60.4 Å². The van der Waals surface area contributed by atoms with Gasteiger partial charge in [-0.1, -0.05) is 12.1 Å². The van der Waals surface area contributed by atoms with Crippen molar-refractivity contribution >= 4 is 18.3 Å². The summed E-state index contributed by atoms with van der Waals surface area (Å²) < 4.78 is 0. The van der Waals surface area contributed by atoms with Crippen molar-refractivity contribution in [2.24, 2.45) is 0 Å². The third-order valence-corrected chi connectivity index (χ3v) is 5.13. The van der Waals surface area contributed by atoms with E-state index in [9.17, 15) is 4.79 Å². The number of nitrogens with one attached hydrogen (secondary N) is 2. The minimum Gasteiger partial charge on any atom is -0.348 e. The Labute approximate surface area is 132 Å². The molecule has 1 aromatic carbocycles. The van der Waals surface area contributed by atoms with Gasteiger partial charge in [-0.15, -0.1) is 12.4 Å². The average molecular weight is 307 g/mol. The summed E-state index contributed by atoms with van der Waals surface area (Å²) in [6.07, 6.45) is 7.41. The van der Waals surface area contributed by atoms with E-state index < -0.39 is 0 Å². The highest BCUT2D eigenvalue weighted by molar-refractivity contribution is 5.94. The second-order valence-electron chi connectivity index (χ2n) is 6.60. The fraction of sp³-hybridized carbons (Fsp3) is 0.588. The van der Waals surface area contributed by atoms with E-state index in [0.29, 0.717) is 18.1 Å². The zero-order chi connectivity index (χ0) is 13.5. The Balaban J connectivity index is 0.00000132. The molecule has 0 aromatic heterocycles. The number of rotatable bonds is 3. The molecule has 3 atom stereocenters. The molecule has 21 heavy (non-hydrogen) atoms. The molecule has 2 bridgehead atoms. The standard InChI is InChI=1S/C17H22N2O.ClH/c20-17(13-5-3-12(4-6-13)11-1-2-11)19-16-10-8-14-7-9-15(16)18-14;/h3-6,11,14-16,18H,1-2,7-10H2,(H,19,20);1H. The van der Waals surface area contributed by atoms with E-state index in [1.807, 2.05) is 12.1 Å². The first-order valence-corrected chi connectivity index (χ1v) is 7.96. The van der Waals surface area contributed by atoms with E-state index in [1.165, 1.54) is 37.7 Å². The number of hydrogen-bond acceptors (Lipinski definition) is 2. The lowest BCUT2D eigenvalue weighted by molar-refractivity contribution is 0.0919. The number of fused-ring (bicyclic) bond motifs is 2. The number of piperidine rings is 1. The molecule has 3 nitrogen and oxygen atoms in total. The quantitative estimate of drug-likeness (QED) is 0.901. The highest BCUT2D eigenvalue weighted by atomic mass is 35.5. The maximum atomic E-state index is 12.3. The van der Waals surface area contributed by atoms with Gasteiger partial charge in [-0.25, -0.2) is 0 Å². The molecule has 2 heterocycles. The molecule has 1 saturated carbocycles. The Morgan fingerprint density at radius 2 is 1.71 bits per heavy atom. The van der Waals surface area contributed by atoms with Crippen molar-refractivity contribution in [1.82, 2.24) is 10.6 Å². The van der Waals surface area contributed by atoms with Gasteiger partial charge in [0.2, 0.25) is 0 Å². The first-order chi connectivity index (χ1) is 9.79. The lowest BCUT2D eigenvalue weighted by atomic mass is 9.99. The Kier molecular flexibility index (Phi) is 4.23. The number of carbonyl (C=O) groups excluding carboxylic acids is 1. The van der Waals surface area contributed by atoms with Crippen LogP contribution in [0.3, 0.4) is 0 Å². The van der Waals surface area contributed by atoms with Gasteiger partial charge in [-0.3, -0.25) is 4.79 Å². The molecular formula is C17H23ClN2O. The van der Waals surface area contributed by atoms with Crippen molar-refractivity contribution in [2.45, 2.75) is 62.6 Å². The van der Waals surface area contributed by atoms with E-state index in [0.717, 1.165) is 17.9 Å². The van der Waals surface area contributed by atoms with Crippen LogP contribution in [0.25, 0.3) is 0 Å². The van der Waals surface area contributed by atoms with E-state index in [2.05, 4.69) is 22.8 Å². The first-order valence-electron chi connectivity index (χ1n) is 7.96. The fourth-order valence-electron chi connectivity index (χ4n) is 3.72. The van der Waals surface area contributed by atoms with Crippen LogP contribution in [0.5, 0.6) is 0 Å². The molecule has 4 heteroatoms. The second kappa shape index (κ2) is 5.98. The smallest absolute Gasteiger partial charge is 0.251 e. The van der Waals surface area contributed by atoms with E-state index in [4.69, 9.17) is 0 Å². The minimum absolute atomic E-state index is 0. The molecule has 1 aromatic rings. The van der Waals surface area contributed by atoms with Crippen LogP contribution in [-0.4, -0.2) is 24.0 Å². The Morgan fingerprint density at radius 3 is 2.43 bits per heavy atom. The van der Waals surface area contributed by atoms with Crippen LogP contribution in [-0.2, 0) is 0 Å². The summed E-state index contributed by atoms with van der Waals surface area (Å²) in [7, 11) is 0. The number of benzene rings is 1. The van der Waals surface area contributed by atoms with Crippen molar-refractivity contribution in [1.29, 1.82) is 0 Å². The molecule has 0 radical (unpaired) electrons. The zero-order valence-corrected chi connectivity index (χ0v) is 13.0. The average Bonchev–Trinajstić information content (AvgIpc) is 3.26. The molecule has 3 aliphatic rings. The number of halogens is 1. The van der Waals surface area contributed by atoms with Gasteiger partial charge in [0.15, 0.2) is 0 Å². The van der Waals surface area contributed by atoms with E-state index >= 15 is 0 Å². The predicted octanol–water partition coefficient (Wildman–Crippen LogP) is 3.00. The third kappa shape index (κ3) is 3.09. The van der Waals surface area contributed by atoms with E-state index in [1.54, 1.807) is 0 Å². The van der Waals surface area contributed by atoms with E-state index in [-0.39, 0.29) is 18.3 Å². The van der Waals surface area contributed by atoms with Gasteiger partial charge in [-0.2, -0.15) is 0 Å². The lowest BCUT2D eigenvalue weighted by Crippen LogP contribution is -2.52. The van der Waals surface area contributed by atoms with Crippen molar-refractivity contribution in [3.63, 3.8) is 0 Å². The van der Waals surface area contributed by atoms with Gasteiger partial charge in [-0.05, 0) is 62.1 Å². The van der Waals surface area contributed by atoms with Gasteiger partial charge < -0.3 is 10.6 Å². The van der Waals surface area contributed by atoms with Crippen molar-refractivity contribution in [3.05, 3.63) is 35.4 Å². The summed E-state index contributed by atoms with van der Waals surface area (Å²) in [4.78, 5) is 12.3. The zero-order valence-electron chi connectivity index (χ0n) is 12.2. The van der Waals surface area contributed by atoms with Gasteiger partial charge in [0, 0.05) is 23.7 Å². The van der Waals surface area contributed by atoms with Gasteiger partial charge >= 0.3 is 0 Å². The maximum absolute atomic E-state index is 12.3. The Bertz CT molecular complexity index is 512. The lowest BCUT2D eigenvalue weighted by Gasteiger charge is -2.30. The Hall–Kier alpha value is -1.06. The fourth-order valence-corrected chi connectivity index (χ4v) is 3.72. The minimum atomic E-state index is 0. The summed E-state index contributed by atoms with van der Waals surface area (Å²) in [5.74, 6) is 0.842. The number of carbonyl (C=O) groups is 1. The van der Waals surface area contributed by atoms with Crippen LogP contribution in [0.4, 0.5) is 0 Å². The molecule has 4 rings (SSSR count). The highest BCUT2D eigenvalue weighted by Gasteiger charge is 2.35. The summed E-state index contributed by atoms with van der Waals surface area (Å²) in [5.41, 5.74) is 2.19. The summed E-state index contributed by atoms with van der Waals surface area (Å²) in [6, 6.07) is 9.71. The molecule has 2 aliphatic heterocycles. The van der Waals surface area contributed by atoms with Crippen molar-refractivity contribution in [2.75, 3.05) is 0 Å². The third-order valence-electron chi connectivity index (χ3n) is 5.13. The van der Waals surface area contributed by atoms with Crippen LogP contribution in [0, 0.1) is 0 Å². The van der Waals surface area contributed by atoms with Crippen LogP contribution in [0.15, 0.2) is 24.3 Å². The molecule has 0 spiro atoms. The summed E-state index contributed by atoms with van der Waals surface area (Å²) in [6.45, 7) is 0. The van der Waals surface area contributed by atoms with Crippen LogP contribution >= 0.6 is 12.4 Å². The topological polar surface area (TPSA) is 41.1 Å². The first kappa shape index (κ1) is 14.9. The Morgan fingerprint density at radius 1 is 1.00 bits per heavy atom. The highest BCUT2D eigenvalue weighted by Crippen LogP contribution is 2.39. The van der Waals surface area contributed by atoms with Crippen molar-refractivity contribution < 1.29 is 4.79 Å². The normalized spacial score (nSPS) is 30.6. The van der Waals surface area contributed by atoms with Crippen molar-refractivity contribution in [3.8, 4) is 0 Å². The largest absolute Gasteiger partial charge is 0.348 e. The monoisotopic (exact) mass is 306 g/mol. The summed E-state index contributed by atoms with van der Waals surface area (Å²) >= 11 is 0. The van der Waals surface area contributed by atoms with Gasteiger partial charge in [0.1, 0.15) is 0 Å². The molecule has 3 fully saturated rings. The molecular weight excluding hydrogens is 284 g/mol. The predicted molar refractivity (Wildman–Crippen MR) is 86.1 cm³/mol. The molecule has 2 saturated heterocycles. The van der Waals surface area contributed by atoms with Crippen LogP contribution < -0.4 is 10.6 Å². The molecule has 2 N–H and O–H groups in total. The maximum Gasteiger partial charge on any atom is 0.251 e. The number of hydrogen-bond donors (Lipinski definition) is 2. The molecule has 1 amide bonds. The summed E-state index contributed by atoms with van der Waals surface area (Å²) in [5, 5.41) is 6.84. The van der Waals surface area contributed by atoms with Gasteiger partial charge in [0.25, 0.3) is 5.91 Å². The SMILES string of the molecule is Cl.O=C(NC1CCC2CCC1N2)c1ccc(C2CC2)cc1. The molecule has 1 aliphatic carbocycles. The molecule has 3 unspecified atom stereocenters. The molecule has 114 valence electrons.